The summed E-state index contributed by atoms with van der Waals surface area (Å²) in [7, 11) is 1.77. The van der Waals surface area contributed by atoms with E-state index >= 15 is 0 Å². The van der Waals surface area contributed by atoms with Crippen molar-refractivity contribution in [2.45, 2.75) is 20.5 Å². The summed E-state index contributed by atoms with van der Waals surface area (Å²) < 4.78 is 11.8. The zero-order valence-corrected chi connectivity index (χ0v) is 9.32. The zero-order chi connectivity index (χ0) is 11.3. The van der Waals surface area contributed by atoms with Crippen molar-refractivity contribution in [2.75, 3.05) is 13.2 Å². The van der Waals surface area contributed by atoms with Gasteiger partial charge in [0.1, 0.15) is 5.56 Å². The summed E-state index contributed by atoms with van der Waals surface area (Å²) in [6.07, 6.45) is 1.51. The second-order valence-corrected chi connectivity index (χ2v) is 2.99. The molecular weight excluding hydrogens is 196 g/mol. The SMILES string of the molecule is CCOCc1c(C(=O)OCC)cnn1C. The molecule has 0 amide bonds. The third-order valence-electron chi connectivity index (χ3n) is 2.00. The predicted octanol–water partition coefficient (Wildman–Crippen LogP) is 1.13. The Morgan fingerprint density at radius 2 is 2.20 bits per heavy atom. The summed E-state index contributed by atoms with van der Waals surface area (Å²) in [5.41, 5.74) is 1.23. The molecule has 0 saturated heterocycles. The average molecular weight is 212 g/mol. The molecule has 0 unspecified atom stereocenters. The first kappa shape index (κ1) is 11.7. The second kappa shape index (κ2) is 5.50. The van der Waals surface area contributed by atoms with Gasteiger partial charge in [-0.1, -0.05) is 0 Å². The van der Waals surface area contributed by atoms with Gasteiger partial charge in [0.05, 0.1) is 25.1 Å². The average Bonchev–Trinajstić information content (AvgIpc) is 2.57. The third kappa shape index (κ3) is 2.79. The maximum atomic E-state index is 11.5. The second-order valence-electron chi connectivity index (χ2n) is 2.99. The highest BCUT2D eigenvalue weighted by molar-refractivity contribution is 5.90. The Bertz CT molecular complexity index is 333. The summed E-state index contributed by atoms with van der Waals surface area (Å²) in [5, 5.41) is 4.01. The molecule has 1 rings (SSSR count). The van der Waals surface area contributed by atoms with E-state index in [0.29, 0.717) is 25.4 Å². The van der Waals surface area contributed by atoms with E-state index in [4.69, 9.17) is 9.47 Å². The molecule has 1 aromatic rings. The van der Waals surface area contributed by atoms with E-state index in [1.54, 1.807) is 18.7 Å². The summed E-state index contributed by atoms with van der Waals surface area (Å²) in [4.78, 5) is 11.5. The summed E-state index contributed by atoms with van der Waals surface area (Å²) in [5.74, 6) is -0.347. The van der Waals surface area contributed by atoms with Crippen LogP contribution in [0.15, 0.2) is 6.20 Å². The number of ether oxygens (including phenoxy) is 2. The lowest BCUT2D eigenvalue weighted by atomic mass is 10.2. The van der Waals surface area contributed by atoms with Crippen LogP contribution in [0.1, 0.15) is 29.9 Å². The Kier molecular flexibility index (Phi) is 4.30. The number of hydrogen-bond acceptors (Lipinski definition) is 4. The number of carbonyl (C=O) groups excluding carboxylic acids is 1. The quantitative estimate of drug-likeness (QED) is 0.687. The van der Waals surface area contributed by atoms with Crippen molar-refractivity contribution in [2.24, 2.45) is 7.05 Å². The molecule has 0 aliphatic rings. The molecule has 1 heterocycles. The maximum absolute atomic E-state index is 11.5. The van der Waals surface area contributed by atoms with Crippen molar-refractivity contribution in [3.63, 3.8) is 0 Å². The fraction of sp³-hybridized carbons (Fsp3) is 0.600. The normalized spacial score (nSPS) is 10.3. The molecule has 0 N–H and O–H groups in total. The minimum absolute atomic E-state index is 0.347. The van der Waals surface area contributed by atoms with Crippen LogP contribution in [0.4, 0.5) is 0 Å². The number of aryl methyl sites for hydroxylation is 1. The Morgan fingerprint density at radius 3 is 2.80 bits per heavy atom. The van der Waals surface area contributed by atoms with Crippen LogP contribution in [0.5, 0.6) is 0 Å². The number of aromatic nitrogens is 2. The fourth-order valence-electron chi connectivity index (χ4n) is 1.21. The first-order chi connectivity index (χ1) is 7.20. The highest BCUT2D eigenvalue weighted by Crippen LogP contribution is 2.10. The molecule has 0 aliphatic heterocycles. The van der Waals surface area contributed by atoms with Crippen molar-refractivity contribution in [3.05, 3.63) is 17.5 Å². The zero-order valence-electron chi connectivity index (χ0n) is 9.32. The fourth-order valence-corrected chi connectivity index (χ4v) is 1.21. The van der Waals surface area contributed by atoms with Crippen LogP contribution in [0, 0.1) is 0 Å². The molecule has 0 spiro atoms. The summed E-state index contributed by atoms with van der Waals surface area (Å²) >= 11 is 0. The number of esters is 1. The van der Waals surface area contributed by atoms with E-state index in [0.717, 1.165) is 5.69 Å². The van der Waals surface area contributed by atoms with Gasteiger partial charge in [0.25, 0.3) is 0 Å². The maximum Gasteiger partial charge on any atom is 0.341 e. The van der Waals surface area contributed by atoms with Crippen LogP contribution < -0.4 is 0 Å². The van der Waals surface area contributed by atoms with Crippen molar-refractivity contribution < 1.29 is 14.3 Å². The summed E-state index contributed by atoms with van der Waals surface area (Å²) in [6, 6.07) is 0. The molecule has 1 aromatic heterocycles. The highest BCUT2D eigenvalue weighted by atomic mass is 16.5. The first-order valence-electron chi connectivity index (χ1n) is 4.96. The van der Waals surface area contributed by atoms with Gasteiger partial charge < -0.3 is 9.47 Å². The molecule has 0 aromatic carbocycles. The van der Waals surface area contributed by atoms with Gasteiger partial charge in [-0.15, -0.1) is 0 Å². The number of nitrogens with zero attached hydrogens (tertiary/aromatic N) is 2. The van der Waals surface area contributed by atoms with Crippen LogP contribution in [-0.2, 0) is 23.1 Å². The lowest BCUT2D eigenvalue weighted by Crippen LogP contribution is -2.10. The molecule has 5 nitrogen and oxygen atoms in total. The molecule has 0 saturated carbocycles. The number of carbonyl (C=O) groups is 1. The van der Waals surface area contributed by atoms with Crippen LogP contribution in [0.2, 0.25) is 0 Å². The van der Waals surface area contributed by atoms with Gasteiger partial charge >= 0.3 is 5.97 Å². The van der Waals surface area contributed by atoms with Gasteiger partial charge in [0, 0.05) is 13.7 Å². The topological polar surface area (TPSA) is 53.4 Å². The van der Waals surface area contributed by atoms with Gasteiger partial charge in [-0.25, -0.2) is 4.79 Å². The molecule has 0 radical (unpaired) electrons. The van der Waals surface area contributed by atoms with Gasteiger partial charge in [-0.05, 0) is 13.8 Å². The highest BCUT2D eigenvalue weighted by Gasteiger charge is 2.16. The monoisotopic (exact) mass is 212 g/mol. The molecule has 15 heavy (non-hydrogen) atoms. The number of rotatable bonds is 5. The predicted molar refractivity (Wildman–Crippen MR) is 54.5 cm³/mol. The van der Waals surface area contributed by atoms with Gasteiger partial charge in [0.15, 0.2) is 0 Å². The smallest absolute Gasteiger partial charge is 0.341 e. The van der Waals surface area contributed by atoms with Crippen molar-refractivity contribution >= 4 is 5.97 Å². The van der Waals surface area contributed by atoms with Crippen molar-refractivity contribution in [1.82, 2.24) is 9.78 Å². The van der Waals surface area contributed by atoms with E-state index in [9.17, 15) is 4.79 Å². The van der Waals surface area contributed by atoms with E-state index < -0.39 is 0 Å². The lowest BCUT2D eigenvalue weighted by Gasteiger charge is -2.05. The first-order valence-corrected chi connectivity index (χ1v) is 4.96. The van der Waals surface area contributed by atoms with E-state index in [2.05, 4.69) is 5.10 Å². The van der Waals surface area contributed by atoms with Crippen LogP contribution in [-0.4, -0.2) is 29.0 Å². The molecular formula is C10H16N2O3. The van der Waals surface area contributed by atoms with E-state index in [1.165, 1.54) is 6.20 Å². The summed E-state index contributed by atoms with van der Waals surface area (Å²) in [6.45, 7) is 5.02. The molecule has 0 fully saturated rings. The van der Waals surface area contributed by atoms with E-state index in [-0.39, 0.29) is 5.97 Å². The third-order valence-corrected chi connectivity index (χ3v) is 2.00. The minimum atomic E-state index is -0.347. The number of hydrogen-bond donors (Lipinski definition) is 0. The van der Waals surface area contributed by atoms with Gasteiger partial charge in [0.2, 0.25) is 0 Å². The molecule has 5 heteroatoms. The standard InChI is InChI=1S/C10H16N2O3/c1-4-14-7-9-8(6-11-12(9)3)10(13)15-5-2/h6H,4-5,7H2,1-3H3. The molecule has 0 aliphatic carbocycles. The Morgan fingerprint density at radius 1 is 1.47 bits per heavy atom. The largest absolute Gasteiger partial charge is 0.462 e. The van der Waals surface area contributed by atoms with Crippen LogP contribution >= 0.6 is 0 Å². The minimum Gasteiger partial charge on any atom is -0.462 e. The van der Waals surface area contributed by atoms with Crippen LogP contribution in [0.3, 0.4) is 0 Å². The Hall–Kier alpha value is -1.36. The van der Waals surface area contributed by atoms with Crippen LogP contribution in [0.25, 0.3) is 0 Å². The lowest BCUT2D eigenvalue weighted by molar-refractivity contribution is 0.0518. The van der Waals surface area contributed by atoms with Crippen molar-refractivity contribution in [1.29, 1.82) is 0 Å². The Balaban J connectivity index is 2.82. The molecule has 0 atom stereocenters. The van der Waals surface area contributed by atoms with Crippen molar-refractivity contribution in [3.8, 4) is 0 Å². The van der Waals surface area contributed by atoms with E-state index in [1.807, 2.05) is 6.92 Å². The molecule has 0 bridgehead atoms. The van der Waals surface area contributed by atoms with Gasteiger partial charge in [-0.3, -0.25) is 4.68 Å². The molecule has 84 valence electrons. The van der Waals surface area contributed by atoms with Gasteiger partial charge in [-0.2, -0.15) is 5.10 Å². The Labute approximate surface area is 89.0 Å².